The third-order valence-corrected chi connectivity index (χ3v) is 6.27. The van der Waals surface area contributed by atoms with Gasteiger partial charge in [-0.3, -0.25) is 9.59 Å². The molecule has 0 saturated heterocycles. The highest BCUT2D eigenvalue weighted by molar-refractivity contribution is 14.1. The first-order valence-electron chi connectivity index (χ1n) is 9.34. The molecule has 6 heteroatoms. The molecule has 3 aromatic carbocycles. The van der Waals surface area contributed by atoms with Crippen LogP contribution in [-0.2, 0) is 0 Å². The van der Waals surface area contributed by atoms with Gasteiger partial charge in [0.15, 0.2) is 5.78 Å². The minimum Gasteiger partial charge on any atom is -0.507 e. The van der Waals surface area contributed by atoms with Crippen molar-refractivity contribution in [3.63, 3.8) is 0 Å². The van der Waals surface area contributed by atoms with Crippen LogP contribution in [0.15, 0.2) is 30.3 Å². The summed E-state index contributed by atoms with van der Waals surface area (Å²) in [4.78, 5) is 26.2. The molecule has 30 heavy (non-hydrogen) atoms. The highest BCUT2D eigenvalue weighted by Gasteiger charge is 2.36. The molecule has 4 rings (SSSR count). The molecule has 1 aliphatic carbocycles. The van der Waals surface area contributed by atoms with Crippen molar-refractivity contribution >= 4 is 34.2 Å². The Kier molecular flexibility index (Phi) is 4.85. The molecule has 0 fully saturated rings. The molecule has 2 N–H and O–H groups in total. The molecule has 0 radical (unpaired) electrons. The Labute approximate surface area is 187 Å². The smallest absolute Gasteiger partial charge is 0.202 e. The van der Waals surface area contributed by atoms with Crippen LogP contribution >= 0.6 is 22.6 Å². The van der Waals surface area contributed by atoms with Gasteiger partial charge >= 0.3 is 0 Å². The molecule has 0 saturated carbocycles. The summed E-state index contributed by atoms with van der Waals surface area (Å²) in [5.74, 6) is -0.678. The predicted molar refractivity (Wildman–Crippen MR) is 121 cm³/mol. The molecule has 152 valence electrons. The van der Waals surface area contributed by atoms with Gasteiger partial charge in [-0.15, -0.1) is 0 Å². The topological polar surface area (TPSA) is 83.8 Å². The SMILES string of the molecule is Cc1cc(C)c(Oc2cc3c(c(O)c2I)C(=O)c2c(O)cc(C)cc2C3=O)c(C)c1. The van der Waals surface area contributed by atoms with Gasteiger partial charge in [0.2, 0.25) is 5.78 Å². The average molecular weight is 514 g/mol. The Morgan fingerprint density at radius 1 is 0.767 bits per heavy atom. The predicted octanol–water partition coefficient (Wildman–Crippen LogP) is 5.50. The Balaban J connectivity index is 1.91. The van der Waals surface area contributed by atoms with Gasteiger partial charge in [0.25, 0.3) is 0 Å². The van der Waals surface area contributed by atoms with E-state index in [2.05, 4.69) is 0 Å². The van der Waals surface area contributed by atoms with Crippen molar-refractivity contribution in [2.45, 2.75) is 27.7 Å². The highest BCUT2D eigenvalue weighted by atomic mass is 127. The number of rotatable bonds is 2. The van der Waals surface area contributed by atoms with Gasteiger partial charge in [0.05, 0.1) is 14.7 Å². The fraction of sp³-hybridized carbons (Fsp3) is 0.167. The number of ketones is 2. The van der Waals surface area contributed by atoms with E-state index in [0.29, 0.717) is 20.6 Å². The number of aromatic hydroxyl groups is 2. The molecule has 0 atom stereocenters. The standard InChI is InChI=1S/C24H19IO5/c1-10-5-12(3)24(13(4)6-10)30-17-9-15-19(23(29)20(17)25)22(28)18-14(21(15)27)7-11(2)8-16(18)26/h5-9,26,29H,1-4H3. The quantitative estimate of drug-likeness (QED) is 0.345. The summed E-state index contributed by atoms with van der Waals surface area (Å²) in [6.07, 6.45) is 0. The zero-order valence-electron chi connectivity index (χ0n) is 16.9. The van der Waals surface area contributed by atoms with E-state index in [-0.39, 0.29) is 33.8 Å². The van der Waals surface area contributed by atoms with E-state index in [1.807, 2.05) is 55.5 Å². The summed E-state index contributed by atoms with van der Waals surface area (Å²) in [6.45, 7) is 7.58. The Bertz CT molecular complexity index is 1250. The van der Waals surface area contributed by atoms with Gasteiger partial charge in [-0.05, 0) is 85.2 Å². The minimum atomic E-state index is -0.582. The maximum Gasteiger partial charge on any atom is 0.202 e. The molecule has 0 aromatic heterocycles. The summed E-state index contributed by atoms with van der Waals surface area (Å²) in [7, 11) is 0. The molecule has 0 heterocycles. The Morgan fingerprint density at radius 2 is 1.33 bits per heavy atom. The van der Waals surface area contributed by atoms with Gasteiger partial charge in [0, 0.05) is 11.1 Å². The first kappa shape index (κ1) is 20.4. The van der Waals surface area contributed by atoms with Crippen LogP contribution in [0.25, 0.3) is 0 Å². The Hall–Kier alpha value is -2.87. The molecule has 0 spiro atoms. The van der Waals surface area contributed by atoms with Gasteiger partial charge in [0.1, 0.15) is 23.0 Å². The van der Waals surface area contributed by atoms with Crippen molar-refractivity contribution in [3.05, 3.63) is 78.4 Å². The lowest BCUT2D eigenvalue weighted by Crippen LogP contribution is -2.22. The first-order valence-corrected chi connectivity index (χ1v) is 10.4. The molecule has 3 aromatic rings. The van der Waals surface area contributed by atoms with Gasteiger partial charge in [-0.2, -0.15) is 0 Å². The number of ether oxygens (including phenoxy) is 1. The lowest BCUT2D eigenvalue weighted by Gasteiger charge is -2.22. The summed E-state index contributed by atoms with van der Waals surface area (Å²) in [6, 6.07) is 8.48. The van der Waals surface area contributed by atoms with E-state index in [1.54, 1.807) is 13.0 Å². The third kappa shape index (κ3) is 3.06. The molecule has 0 aliphatic heterocycles. The second kappa shape index (κ2) is 7.12. The summed E-state index contributed by atoms with van der Waals surface area (Å²) < 4.78 is 6.43. The van der Waals surface area contributed by atoms with Crippen molar-refractivity contribution in [3.8, 4) is 23.0 Å². The van der Waals surface area contributed by atoms with Crippen molar-refractivity contribution < 1.29 is 24.5 Å². The number of carbonyl (C=O) groups is 2. The highest BCUT2D eigenvalue weighted by Crippen LogP contribution is 2.44. The number of fused-ring (bicyclic) bond motifs is 2. The van der Waals surface area contributed by atoms with E-state index in [4.69, 9.17) is 4.74 Å². The number of aryl methyl sites for hydroxylation is 4. The van der Waals surface area contributed by atoms with Crippen LogP contribution in [0.3, 0.4) is 0 Å². The average Bonchev–Trinajstić information content (AvgIpc) is 2.65. The van der Waals surface area contributed by atoms with Crippen LogP contribution in [0.4, 0.5) is 0 Å². The number of hydrogen-bond acceptors (Lipinski definition) is 5. The molecular weight excluding hydrogens is 495 g/mol. The number of halogens is 1. The van der Waals surface area contributed by atoms with Crippen LogP contribution < -0.4 is 4.74 Å². The van der Waals surface area contributed by atoms with E-state index >= 15 is 0 Å². The summed E-state index contributed by atoms with van der Waals surface area (Å²) in [5, 5.41) is 21.1. The van der Waals surface area contributed by atoms with Gasteiger partial charge in [-0.25, -0.2) is 0 Å². The second-order valence-corrected chi connectivity index (χ2v) is 8.73. The Morgan fingerprint density at radius 3 is 1.97 bits per heavy atom. The lowest BCUT2D eigenvalue weighted by molar-refractivity contribution is 0.0973. The summed E-state index contributed by atoms with van der Waals surface area (Å²) >= 11 is 1.90. The molecule has 1 aliphatic rings. The normalized spacial score (nSPS) is 12.6. The fourth-order valence-corrected chi connectivity index (χ4v) is 4.53. The number of phenols is 2. The van der Waals surface area contributed by atoms with Gasteiger partial charge < -0.3 is 14.9 Å². The second-order valence-electron chi connectivity index (χ2n) is 7.65. The number of benzene rings is 3. The lowest BCUT2D eigenvalue weighted by atomic mass is 9.82. The van der Waals surface area contributed by atoms with E-state index < -0.39 is 11.6 Å². The maximum atomic E-state index is 13.2. The zero-order chi connectivity index (χ0) is 21.9. The number of carbonyl (C=O) groups excluding carboxylic acids is 2. The van der Waals surface area contributed by atoms with E-state index in [1.165, 1.54) is 12.1 Å². The van der Waals surface area contributed by atoms with Crippen molar-refractivity contribution in [1.82, 2.24) is 0 Å². The summed E-state index contributed by atoms with van der Waals surface area (Å²) in [5.41, 5.74) is 3.61. The van der Waals surface area contributed by atoms with Crippen molar-refractivity contribution in [1.29, 1.82) is 0 Å². The molecule has 0 bridgehead atoms. The maximum absolute atomic E-state index is 13.2. The van der Waals surface area contributed by atoms with Crippen LogP contribution in [-0.4, -0.2) is 21.8 Å². The van der Waals surface area contributed by atoms with E-state index in [0.717, 1.165) is 16.7 Å². The largest absolute Gasteiger partial charge is 0.507 e. The molecule has 0 unspecified atom stereocenters. The molecule has 5 nitrogen and oxygen atoms in total. The first-order chi connectivity index (χ1) is 14.1. The number of hydrogen-bond donors (Lipinski definition) is 2. The monoisotopic (exact) mass is 514 g/mol. The molecular formula is C24H19IO5. The van der Waals surface area contributed by atoms with Gasteiger partial charge in [-0.1, -0.05) is 17.7 Å². The van der Waals surface area contributed by atoms with Crippen molar-refractivity contribution in [2.24, 2.45) is 0 Å². The van der Waals surface area contributed by atoms with Crippen LogP contribution in [0, 0.1) is 31.3 Å². The van der Waals surface area contributed by atoms with E-state index in [9.17, 15) is 19.8 Å². The van der Waals surface area contributed by atoms with Crippen LogP contribution in [0.5, 0.6) is 23.0 Å². The molecule has 0 amide bonds. The zero-order valence-corrected chi connectivity index (χ0v) is 19.0. The third-order valence-electron chi connectivity index (χ3n) is 5.23. The van der Waals surface area contributed by atoms with Crippen LogP contribution in [0.1, 0.15) is 54.1 Å². The van der Waals surface area contributed by atoms with Crippen molar-refractivity contribution in [2.75, 3.05) is 0 Å². The fourth-order valence-electron chi connectivity index (χ4n) is 4.00. The van der Waals surface area contributed by atoms with Crippen LogP contribution in [0.2, 0.25) is 0 Å². The minimum absolute atomic E-state index is 0.0628. The number of phenolic OH excluding ortho intramolecular Hbond substituents is 2.